The fourth-order valence-corrected chi connectivity index (χ4v) is 4.13. The molecule has 1 aliphatic carbocycles. The van der Waals surface area contributed by atoms with Gasteiger partial charge in [0.1, 0.15) is 0 Å². The Morgan fingerprint density at radius 3 is 2.65 bits per heavy atom. The molecule has 0 amide bonds. The van der Waals surface area contributed by atoms with E-state index < -0.39 is 10.0 Å². The van der Waals surface area contributed by atoms with Crippen molar-refractivity contribution in [3.05, 3.63) is 0 Å². The van der Waals surface area contributed by atoms with Crippen LogP contribution < -0.4 is 10.0 Å². The molecule has 1 rings (SSSR count). The molecule has 1 saturated carbocycles. The van der Waals surface area contributed by atoms with Crippen LogP contribution in [0.3, 0.4) is 0 Å². The van der Waals surface area contributed by atoms with E-state index in [1.165, 1.54) is 0 Å². The first kappa shape index (κ1) is 15.3. The lowest BCUT2D eigenvalue weighted by atomic mass is 10.3. The Bertz CT molecular complexity index is 307. The summed E-state index contributed by atoms with van der Waals surface area (Å²) in [6, 6.07) is 0.156. The normalized spacial score (nSPS) is 25.3. The molecule has 4 nitrogen and oxygen atoms in total. The molecule has 0 radical (unpaired) electrons. The molecular weight excluding hydrogens is 256 g/mol. The second-order valence-corrected chi connectivity index (χ2v) is 7.57. The number of hydrogen-bond acceptors (Lipinski definition) is 4. The molecule has 0 spiro atoms. The molecule has 6 heteroatoms. The van der Waals surface area contributed by atoms with Crippen molar-refractivity contribution in [1.82, 2.24) is 10.0 Å². The van der Waals surface area contributed by atoms with Gasteiger partial charge in [-0.2, -0.15) is 11.8 Å². The predicted octanol–water partition coefficient (Wildman–Crippen LogP) is 1.19. The standard InChI is InChI=1S/C11H24N2O2S2/c1-3-6-12-7-8-17(14,15)13-10-4-5-11(9-10)16-2/h10-13H,3-9H2,1-2H3. The van der Waals surface area contributed by atoms with Gasteiger partial charge in [-0.05, 0) is 38.5 Å². The van der Waals surface area contributed by atoms with Gasteiger partial charge in [-0.15, -0.1) is 0 Å². The van der Waals surface area contributed by atoms with Crippen molar-refractivity contribution in [2.45, 2.75) is 43.9 Å². The Morgan fingerprint density at radius 1 is 1.29 bits per heavy atom. The summed E-state index contributed by atoms with van der Waals surface area (Å²) in [5, 5.41) is 3.74. The molecule has 0 aliphatic heterocycles. The first-order valence-electron chi connectivity index (χ1n) is 6.31. The van der Waals surface area contributed by atoms with Crippen molar-refractivity contribution in [1.29, 1.82) is 0 Å². The van der Waals surface area contributed by atoms with Crippen LogP contribution in [0.25, 0.3) is 0 Å². The van der Waals surface area contributed by atoms with Gasteiger partial charge in [0, 0.05) is 17.8 Å². The summed E-state index contributed by atoms with van der Waals surface area (Å²) in [7, 11) is -3.10. The van der Waals surface area contributed by atoms with E-state index >= 15 is 0 Å². The summed E-state index contributed by atoms with van der Waals surface area (Å²) in [5.74, 6) is 0.188. The van der Waals surface area contributed by atoms with E-state index in [0.717, 1.165) is 32.2 Å². The van der Waals surface area contributed by atoms with E-state index in [9.17, 15) is 8.42 Å². The molecule has 0 heterocycles. The number of sulfonamides is 1. The Kier molecular flexibility index (Phi) is 6.84. The van der Waals surface area contributed by atoms with Crippen molar-refractivity contribution in [2.24, 2.45) is 0 Å². The molecular formula is C11H24N2O2S2. The minimum Gasteiger partial charge on any atom is -0.316 e. The number of hydrogen-bond donors (Lipinski definition) is 2. The number of nitrogens with one attached hydrogen (secondary N) is 2. The van der Waals surface area contributed by atoms with Crippen LogP contribution in [0.4, 0.5) is 0 Å². The van der Waals surface area contributed by atoms with Crippen molar-refractivity contribution >= 4 is 21.8 Å². The molecule has 2 N–H and O–H groups in total. The fraction of sp³-hybridized carbons (Fsp3) is 1.00. The van der Waals surface area contributed by atoms with Gasteiger partial charge in [-0.25, -0.2) is 13.1 Å². The molecule has 2 unspecified atom stereocenters. The number of thioether (sulfide) groups is 1. The van der Waals surface area contributed by atoms with E-state index in [-0.39, 0.29) is 11.8 Å². The Labute approximate surface area is 109 Å². The van der Waals surface area contributed by atoms with Crippen molar-refractivity contribution in [3.63, 3.8) is 0 Å². The molecule has 0 bridgehead atoms. The highest BCUT2D eigenvalue weighted by Gasteiger charge is 2.27. The van der Waals surface area contributed by atoms with Crippen molar-refractivity contribution < 1.29 is 8.42 Å². The second-order valence-electron chi connectivity index (χ2n) is 4.55. The zero-order chi connectivity index (χ0) is 12.7. The second kappa shape index (κ2) is 7.61. The van der Waals surface area contributed by atoms with Crippen LogP contribution in [0.5, 0.6) is 0 Å². The molecule has 17 heavy (non-hydrogen) atoms. The predicted molar refractivity (Wildman–Crippen MR) is 75.0 cm³/mol. The molecule has 102 valence electrons. The van der Waals surface area contributed by atoms with Crippen LogP contribution in [0, 0.1) is 0 Å². The third-order valence-electron chi connectivity index (χ3n) is 3.04. The topological polar surface area (TPSA) is 58.2 Å². The molecule has 0 aromatic carbocycles. The summed E-state index contributed by atoms with van der Waals surface area (Å²) in [5.41, 5.74) is 0. The Hall–Kier alpha value is 0.220. The van der Waals surface area contributed by atoms with Gasteiger partial charge >= 0.3 is 0 Å². The Balaban J connectivity index is 2.25. The van der Waals surface area contributed by atoms with E-state index in [0.29, 0.717) is 11.8 Å². The quantitative estimate of drug-likeness (QED) is 0.656. The maximum Gasteiger partial charge on any atom is 0.213 e. The van der Waals surface area contributed by atoms with Gasteiger partial charge in [0.2, 0.25) is 10.0 Å². The van der Waals surface area contributed by atoms with Crippen molar-refractivity contribution in [2.75, 3.05) is 25.1 Å². The van der Waals surface area contributed by atoms with Gasteiger partial charge in [0.25, 0.3) is 0 Å². The van der Waals surface area contributed by atoms with Crippen LogP contribution in [0.1, 0.15) is 32.6 Å². The zero-order valence-electron chi connectivity index (χ0n) is 10.7. The van der Waals surface area contributed by atoms with E-state index in [2.05, 4.69) is 23.2 Å². The average molecular weight is 280 g/mol. The SMILES string of the molecule is CCCNCCS(=O)(=O)NC1CCC(SC)C1. The van der Waals surface area contributed by atoms with E-state index in [1.807, 2.05) is 11.8 Å². The molecule has 2 atom stereocenters. The monoisotopic (exact) mass is 280 g/mol. The van der Waals surface area contributed by atoms with Gasteiger partial charge in [-0.3, -0.25) is 0 Å². The lowest BCUT2D eigenvalue weighted by Crippen LogP contribution is -2.37. The van der Waals surface area contributed by atoms with E-state index in [1.54, 1.807) is 0 Å². The van der Waals surface area contributed by atoms with Gasteiger partial charge in [0.15, 0.2) is 0 Å². The van der Waals surface area contributed by atoms with Crippen LogP contribution in [0.15, 0.2) is 0 Å². The molecule has 0 aromatic heterocycles. The first-order valence-corrected chi connectivity index (χ1v) is 9.25. The van der Waals surface area contributed by atoms with Crippen LogP contribution in [-0.4, -0.2) is 44.8 Å². The van der Waals surface area contributed by atoms with Crippen molar-refractivity contribution in [3.8, 4) is 0 Å². The molecule has 1 fully saturated rings. The number of rotatable bonds is 8. The Morgan fingerprint density at radius 2 is 2.06 bits per heavy atom. The molecule has 0 saturated heterocycles. The van der Waals surface area contributed by atoms with Crippen LogP contribution in [0.2, 0.25) is 0 Å². The summed E-state index contributed by atoms with van der Waals surface area (Å²) >= 11 is 1.84. The van der Waals surface area contributed by atoms with Gasteiger partial charge < -0.3 is 5.32 Å². The third-order valence-corrected chi connectivity index (χ3v) is 5.57. The lowest BCUT2D eigenvalue weighted by molar-refractivity contribution is 0.549. The zero-order valence-corrected chi connectivity index (χ0v) is 12.4. The third kappa shape index (κ3) is 6.08. The fourth-order valence-electron chi connectivity index (χ4n) is 2.08. The largest absolute Gasteiger partial charge is 0.316 e. The minimum absolute atomic E-state index is 0.156. The average Bonchev–Trinajstić information content (AvgIpc) is 2.71. The van der Waals surface area contributed by atoms with Crippen LogP contribution >= 0.6 is 11.8 Å². The van der Waals surface area contributed by atoms with Crippen LogP contribution in [-0.2, 0) is 10.0 Å². The minimum atomic E-state index is -3.10. The maximum atomic E-state index is 11.8. The van der Waals surface area contributed by atoms with Gasteiger partial charge in [-0.1, -0.05) is 6.92 Å². The maximum absolute atomic E-state index is 11.8. The lowest BCUT2D eigenvalue weighted by Gasteiger charge is -2.13. The smallest absolute Gasteiger partial charge is 0.213 e. The van der Waals surface area contributed by atoms with Gasteiger partial charge in [0.05, 0.1) is 5.75 Å². The molecule has 1 aliphatic rings. The summed E-state index contributed by atoms with van der Waals surface area (Å²) < 4.78 is 26.4. The summed E-state index contributed by atoms with van der Waals surface area (Å²) in [6.45, 7) is 3.50. The highest BCUT2D eigenvalue weighted by Crippen LogP contribution is 2.28. The summed E-state index contributed by atoms with van der Waals surface area (Å²) in [4.78, 5) is 0. The highest BCUT2D eigenvalue weighted by atomic mass is 32.2. The summed E-state index contributed by atoms with van der Waals surface area (Å²) in [6.07, 6.45) is 6.21. The highest BCUT2D eigenvalue weighted by molar-refractivity contribution is 7.99. The molecule has 0 aromatic rings. The first-order chi connectivity index (χ1) is 8.07. The van der Waals surface area contributed by atoms with E-state index in [4.69, 9.17) is 0 Å².